The molecule has 366 valence electrons. The molecule has 2 aliphatic heterocycles. The fourth-order valence-corrected chi connectivity index (χ4v) is 7.29. The fraction of sp³-hybridized carbons (Fsp3) is 0.435. The summed E-state index contributed by atoms with van der Waals surface area (Å²) >= 11 is 0. The van der Waals surface area contributed by atoms with Gasteiger partial charge >= 0.3 is 18.2 Å². The van der Waals surface area contributed by atoms with Gasteiger partial charge in [-0.25, -0.2) is 14.4 Å². The number of aliphatic hydroxyl groups excluding tert-OH is 3. The first-order valence-corrected chi connectivity index (χ1v) is 21.4. The zero-order valence-corrected chi connectivity index (χ0v) is 37.9. The van der Waals surface area contributed by atoms with Crippen LogP contribution in [0.25, 0.3) is 21.5 Å². The number of fused-ring (bicyclic) bond motifs is 2. The smallest absolute Gasteiger partial charge is 0.431 e. The first-order chi connectivity index (χ1) is 32.4. The van der Waals surface area contributed by atoms with Crippen LogP contribution in [0.15, 0.2) is 60.7 Å². The maximum atomic E-state index is 14.1. The first-order valence-electron chi connectivity index (χ1n) is 21.4. The van der Waals surface area contributed by atoms with Crippen molar-refractivity contribution in [2.75, 3.05) is 66.8 Å². The largest absolute Gasteiger partial charge is 0.496 e. The minimum absolute atomic E-state index is 0.0209. The molecule has 0 saturated carbocycles. The lowest BCUT2D eigenvalue weighted by Gasteiger charge is -2.38. The number of hydroxylamine groups is 1. The molecule has 6 N–H and O–H groups in total. The predicted molar refractivity (Wildman–Crippen MR) is 237 cm³/mol. The third kappa shape index (κ3) is 12.1. The van der Waals surface area contributed by atoms with Gasteiger partial charge in [0.05, 0.1) is 51.3 Å². The molecule has 2 aliphatic rings. The number of ether oxygens (including phenoxy) is 7. The molecule has 0 radical (unpaired) electrons. The number of carboxylic acid groups (broad SMARTS) is 1. The summed E-state index contributed by atoms with van der Waals surface area (Å²) in [7, 11) is 2.93. The highest BCUT2D eigenvalue weighted by molar-refractivity contribution is 6.31. The molecular weight excluding hydrogens is 897 g/mol. The number of likely N-dealkylation sites (N-methyl/N-ethyl adjacent to an activating group) is 1. The van der Waals surface area contributed by atoms with E-state index < -0.39 is 72.2 Å². The average molecular weight is 951 g/mol. The van der Waals surface area contributed by atoms with Crippen LogP contribution < -0.4 is 20.3 Å². The molecule has 4 aromatic carbocycles. The molecule has 5 atom stereocenters. The highest BCUT2D eigenvalue weighted by Gasteiger charge is 2.48. The molecule has 2 heterocycles. The SMILES string of the molecule is COc1ccc2c3c(c4ccccc4cc13)C(=O)N(CCN(C)C(=O)OCc1ccc(O[C@@H]3O[C@H](C(=O)O)[C@@H](O)C(O)[C@H]3O)c(C(=O)NCCOCCOCCONC(=O)OC(C)(C)C)c1)C2=O. The van der Waals surface area contributed by atoms with Crippen molar-refractivity contribution in [3.63, 3.8) is 0 Å². The molecule has 1 saturated heterocycles. The molecule has 22 heteroatoms. The van der Waals surface area contributed by atoms with Crippen molar-refractivity contribution in [1.29, 1.82) is 0 Å². The fourth-order valence-electron chi connectivity index (χ4n) is 7.29. The summed E-state index contributed by atoms with van der Waals surface area (Å²) in [4.78, 5) is 85.2. The van der Waals surface area contributed by atoms with E-state index in [2.05, 4.69) is 10.8 Å². The zero-order valence-electron chi connectivity index (χ0n) is 37.9. The summed E-state index contributed by atoms with van der Waals surface area (Å²) in [6, 6.07) is 16.5. The highest BCUT2D eigenvalue weighted by atomic mass is 16.7. The van der Waals surface area contributed by atoms with Crippen molar-refractivity contribution in [2.45, 2.75) is 63.7 Å². The topological polar surface area (TPSA) is 288 Å². The molecule has 1 fully saturated rings. The Morgan fingerprint density at radius 2 is 1.54 bits per heavy atom. The molecule has 1 unspecified atom stereocenters. The maximum Gasteiger partial charge on any atom is 0.431 e. The van der Waals surface area contributed by atoms with Crippen LogP contribution in [0.2, 0.25) is 0 Å². The first kappa shape index (κ1) is 50.7. The molecule has 0 spiro atoms. The number of nitrogens with one attached hydrogen (secondary N) is 2. The quantitative estimate of drug-likeness (QED) is 0.0321. The monoisotopic (exact) mass is 950 g/mol. The van der Waals surface area contributed by atoms with Crippen LogP contribution in [0.5, 0.6) is 11.5 Å². The van der Waals surface area contributed by atoms with Crippen molar-refractivity contribution < 1.29 is 87.2 Å². The number of rotatable bonds is 20. The van der Waals surface area contributed by atoms with Crippen molar-refractivity contribution in [3.05, 3.63) is 82.9 Å². The minimum atomic E-state index is -1.99. The Kier molecular flexibility index (Phi) is 16.7. The Morgan fingerprint density at radius 1 is 0.838 bits per heavy atom. The van der Waals surface area contributed by atoms with Crippen LogP contribution in [0.3, 0.4) is 0 Å². The predicted octanol–water partition coefficient (Wildman–Crippen LogP) is 2.36. The van der Waals surface area contributed by atoms with E-state index in [0.29, 0.717) is 33.0 Å². The van der Waals surface area contributed by atoms with E-state index in [1.165, 1.54) is 37.3 Å². The number of hydrogen-bond acceptors (Lipinski definition) is 17. The van der Waals surface area contributed by atoms with Crippen molar-refractivity contribution in [1.82, 2.24) is 20.6 Å². The number of carbonyl (C=O) groups is 6. The lowest BCUT2D eigenvalue weighted by molar-refractivity contribution is -0.271. The molecule has 6 rings (SSSR count). The van der Waals surface area contributed by atoms with E-state index in [0.717, 1.165) is 10.3 Å². The zero-order chi connectivity index (χ0) is 49.3. The lowest BCUT2D eigenvalue weighted by Crippen LogP contribution is -2.61. The normalized spacial score (nSPS) is 19.1. The van der Waals surface area contributed by atoms with Gasteiger partial charge in [0.25, 0.3) is 17.7 Å². The van der Waals surface area contributed by atoms with E-state index in [-0.39, 0.29) is 76.2 Å². The molecule has 68 heavy (non-hydrogen) atoms. The third-order valence-corrected chi connectivity index (χ3v) is 10.6. The molecular formula is C46H54N4O18. The van der Waals surface area contributed by atoms with Gasteiger partial charge in [-0.15, -0.1) is 0 Å². The summed E-state index contributed by atoms with van der Waals surface area (Å²) in [5.74, 6) is -3.17. The molecule has 4 aromatic rings. The van der Waals surface area contributed by atoms with Crippen molar-refractivity contribution >= 4 is 57.4 Å². The Morgan fingerprint density at radius 3 is 2.26 bits per heavy atom. The number of amides is 5. The summed E-state index contributed by atoms with van der Waals surface area (Å²) in [5, 5.41) is 45.8. The second-order valence-electron chi connectivity index (χ2n) is 16.6. The number of carboxylic acids is 1. The average Bonchev–Trinajstić information content (AvgIpc) is 3.30. The maximum absolute atomic E-state index is 14.1. The standard InChI is InChI=1S/C46H54N4O18/c1-46(2,3)68-44(59)48-65-21-20-63-19-18-62-17-14-47-39(54)30-22-25(10-12-32(30)66-43-37(53)35(51)36(52)38(67-43)42(57)58)24-64-45(60)49(4)15-16-50-40(55)28-11-13-31(61-5)29-23-26-8-6-7-9-27(26)34(33(28)29)41(50)56/h6-13,22-23,35-38,43,51-53H,14-21,24H2,1-5H3,(H,47,54)(H,48,59)(H,57,58)/t35?,36-,37+,38-,43+/m0/s1. The summed E-state index contributed by atoms with van der Waals surface area (Å²) < 4.78 is 38.0. The van der Waals surface area contributed by atoms with Crippen LogP contribution in [-0.2, 0) is 39.9 Å². The van der Waals surface area contributed by atoms with Crippen LogP contribution >= 0.6 is 0 Å². The molecule has 0 aliphatic carbocycles. The number of imide groups is 1. The lowest BCUT2D eigenvalue weighted by atomic mass is 9.89. The number of hydrogen-bond donors (Lipinski definition) is 6. The number of benzene rings is 4. The van der Waals surface area contributed by atoms with Gasteiger partial charge in [-0.3, -0.25) is 24.1 Å². The number of carbonyl (C=O) groups excluding carboxylic acids is 5. The second kappa shape index (κ2) is 22.4. The number of aliphatic carboxylic acids is 1. The number of methoxy groups -OCH3 is 1. The van der Waals surface area contributed by atoms with Gasteiger partial charge in [-0.2, -0.15) is 5.48 Å². The van der Waals surface area contributed by atoms with Crippen LogP contribution in [-0.4, -0.2) is 169 Å². The number of aliphatic hydroxyl groups is 3. The van der Waals surface area contributed by atoms with E-state index in [9.17, 15) is 49.2 Å². The van der Waals surface area contributed by atoms with Crippen LogP contribution in [0, 0.1) is 0 Å². The summed E-state index contributed by atoms with van der Waals surface area (Å²) in [5.41, 5.74) is 2.21. The van der Waals surface area contributed by atoms with Crippen molar-refractivity contribution in [2.24, 2.45) is 0 Å². The van der Waals surface area contributed by atoms with Crippen LogP contribution in [0.4, 0.5) is 9.59 Å². The minimum Gasteiger partial charge on any atom is -0.496 e. The highest BCUT2D eigenvalue weighted by Crippen LogP contribution is 2.40. The van der Waals surface area contributed by atoms with Gasteiger partial charge in [-0.05, 0) is 67.4 Å². The van der Waals surface area contributed by atoms with Gasteiger partial charge in [0, 0.05) is 43.0 Å². The molecule has 5 amide bonds. The van der Waals surface area contributed by atoms with E-state index in [1.54, 1.807) is 45.0 Å². The van der Waals surface area contributed by atoms with Gasteiger partial charge < -0.3 is 63.8 Å². The van der Waals surface area contributed by atoms with Gasteiger partial charge in [0.15, 0.2) is 6.10 Å². The van der Waals surface area contributed by atoms with Crippen LogP contribution in [0.1, 0.15) is 57.4 Å². The molecule has 22 nitrogen and oxygen atoms in total. The van der Waals surface area contributed by atoms with Gasteiger partial charge in [0.2, 0.25) is 6.29 Å². The van der Waals surface area contributed by atoms with E-state index >= 15 is 0 Å². The third-order valence-electron chi connectivity index (χ3n) is 10.6. The second-order valence-corrected chi connectivity index (χ2v) is 16.6. The van der Waals surface area contributed by atoms with Gasteiger partial charge in [0.1, 0.15) is 42.0 Å². The Balaban J connectivity index is 1.05. The van der Waals surface area contributed by atoms with E-state index in [1.807, 2.05) is 18.2 Å². The van der Waals surface area contributed by atoms with Gasteiger partial charge in [-0.1, -0.05) is 30.3 Å². The van der Waals surface area contributed by atoms with Crippen molar-refractivity contribution in [3.8, 4) is 11.5 Å². The number of nitrogens with zero attached hydrogens (tertiary/aromatic N) is 2. The molecule has 0 aromatic heterocycles. The summed E-state index contributed by atoms with van der Waals surface area (Å²) in [6.45, 7) is 4.96. The Bertz CT molecular complexity index is 2510. The Labute approximate surface area is 389 Å². The Hall–Kier alpha value is -6.66. The van der Waals surface area contributed by atoms with E-state index in [4.69, 9.17) is 38.0 Å². The molecule has 0 bridgehead atoms. The summed E-state index contributed by atoms with van der Waals surface area (Å²) in [6.07, 6.45) is -11.3.